The maximum Gasteiger partial charge on any atom is 0.259 e. The van der Waals surface area contributed by atoms with Gasteiger partial charge in [-0.2, -0.15) is 0 Å². The molecule has 2 rings (SSSR count). The number of rotatable bonds is 4. The zero-order chi connectivity index (χ0) is 15.4. The lowest BCUT2D eigenvalue weighted by atomic mass is 10.1. The fraction of sp³-hybridized carbons (Fsp3) is 0.200. The molecule has 2 aromatic rings. The molecule has 1 aromatic carbocycles. The van der Waals surface area contributed by atoms with E-state index in [1.807, 2.05) is 6.92 Å². The number of benzene rings is 1. The molecule has 1 heterocycles. The van der Waals surface area contributed by atoms with Gasteiger partial charge in [0.25, 0.3) is 5.91 Å². The van der Waals surface area contributed by atoms with Crippen LogP contribution in [0.2, 0.25) is 0 Å². The van der Waals surface area contributed by atoms with Crippen LogP contribution in [0, 0.1) is 18.6 Å². The number of carbonyl (C=O) groups is 1. The van der Waals surface area contributed by atoms with Crippen molar-refractivity contribution in [2.75, 3.05) is 17.2 Å². The van der Waals surface area contributed by atoms with Crippen molar-refractivity contribution in [3.05, 3.63) is 53.4 Å². The molecule has 0 fully saturated rings. The van der Waals surface area contributed by atoms with E-state index in [2.05, 4.69) is 15.6 Å². The highest BCUT2D eigenvalue weighted by molar-refractivity contribution is 6.07. The lowest BCUT2D eigenvalue weighted by Crippen LogP contribution is -2.16. The van der Waals surface area contributed by atoms with Crippen LogP contribution < -0.4 is 10.6 Å². The van der Waals surface area contributed by atoms with Gasteiger partial charge in [-0.05, 0) is 31.5 Å². The van der Waals surface area contributed by atoms with Gasteiger partial charge in [0.05, 0.1) is 16.9 Å². The summed E-state index contributed by atoms with van der Waals surface area (Å²) in [7, 11) is 0. The standard InChI is InChI=1S/C15H15F2N3O/c1-3-19-13-4-5-18-8-10(13)15(21)20-14-7-11(16)9(2)6-12(14)17/h4-8H,3H2,1-2H3,(H,18,19)(H,20,21). The number of hydrogen-bond donors (Lipinski definition) is 2. The molecule has 2 N–H and O–H groups in total. The van der Waals surface area contributed by atoms with Crippen molar-refractivity contribution in [3.63, 3.8) is 0 Å². The van der Waals surface area contributed by atoms with Gasteiger partial charge in [-0.25, -0.2) is 8.78 Å². The number of aromatic nitrogens is 1. The maximum atomic E-state index is 13.7. The molecule has 0 aliphatic heterocycles. The van der Waals surface area contributed by atoms with E-state index in [4.69, 9.17) is 0 Å². The van der Waals surface area contributed by atoms with Crippen molar-refractivity contribution >= 4 is 17.3 Å². The minimum atomic E-state index is -0.684. The molecule has 0 saturated carbocycles. The zero-order valence-corrected chi connectivity index (χ0v) is 11.7. The summed E-state index contributed by atoms with van der Waals surface area (Å²) in [6.45, 7) is 3.96. The van der Waals surface area contributed by atoms with Crippen molar-refractivity contribution in [2.24, 2.45) is 0 Å². The van der Waals surface area contributed by atoms with Crippen LogP contribution in [0.5, 0.6) is 0 Å². The zero-order valence-electron chi connectivity index (χ0n) is 11.7. The number of halogens is 2. The fourth-order valence-electron chi connectivity index (χ4n) is 1.85. The molecule has 110 valence electrons. The molecule has 0 bridgehead atoms. The highest BCUT2D eigenvalue weighted by Gasteiger charge is 2.15. The molecule has 0 radical (unpaired) electrons. The molecule has 0 spiro atoms. The molecule has 6 heteroatoms. The Labute approximate surface area is 121 Å². The Morgan fingerprint density at radius 2 is 2.00 bits per heavy atom. The average Bonchev–Trinajstić information content (AvgIpc) is 2.45. The van der Waals surface area contributed by atoms with Crippen molar-refractivity contribution < 1.29 is 13.6 Å². The number of aryl methyl sites for hydroxylation is 1. The van der Waals surface area contributed by atoms with Gasteiger partial charge in [0.1, 0.15) is 11.6 Å². The van der Waals surface area contributed by atoms with Crippen LogP contribution >= 0.6 is 0 Å². The van der Waals surface area contributed by atoms with Crippen LogP contribution in [0.4, 0.5) is 20.2 Å². The Kier molecular flexibility index (Phi) is 4.47. The van der Waals surface area contributed by atoms with Crippen molar-refractivity contribution in [3.8, 4) is 0 Å². The lowest BCUT2D eigenvalue weighted by Gasteiger charge is -2.11. The quantitative estimate of drug-likeness (QED) is 0.908. The smallest absolute Gasteiger partial charge is 0.259 e. The van der Waals surface area contributed by atoms with Crippen molar-refractivity contribution in [2.45, 2.75) is 13.8 Å². The molecule has 21 heavy (non-hydrogen) atoms. The number of carbonyl (C=O) groups excluding carboxylic acids is 1. The summed E-state index contributed by atoms with van der Waals surface area (Å²) in [5.41, 5.74) is 0.826. The van der Waals surface area contributed by atoms with E-state index in [9.17, 15) is 13.6 Å². The summed E-state index contributed by atoms with van der Waals surface area (Å²) in [6.07, 6.45) is 2.91. The minimum absolute atomic E-state index is 0.181. The van der Waals surface area contributed by atoms with Crippen LogP contribution in [-0.4, -0.2) is 17.4 Å². The van der Waals surface area contributed by atoms with E-state index in [1.54, 1.807) is 12.3 Å². The summed E-state index contributed by atoms with van der Waals surface area (Å²) < 4.78 is 27.2. The van der Waals surface area contributed by atoms with Crippen LogP contribution in [0.3, 0.4) is 0 Å². The second-order valence-electron chi connectivity index (χ2n) is 4.49. The largest absolute Gasteiger partial charge is 0.385 e. The van der Waals surface area contributed by atoms with Crippen molar-refractivity contribution in [1.29, 1.82) is 0 Å². The third-order valence-electron chi connectivity index (χ3n) is 2.93. The monoisotopic (exact) mass is 291 g/mol. The Bertz CT molecular complexity index is 674. The Hall–Kier alpha value is -2.50. The first-order valence-electron chi connectivity index (χ1n) is 6.47. The summed E-state index contributed by atoms with van der Waals surface area (Å²) >= 11 is 0. The van der Waals surface area contributed by atoms with Crippen LogP contribution in [0.1, 0.15) is 22.8 Å². The van der Waals surface area contributed by atoms with Gasteiger partial charge in [-0.3, -0.25) is 9.78 Å². The normalized spacial score (nSPS) is 10.3. The molecule has 0 atom stereocenters. The lowest BCUT2D eigenvalue weighted by molar-refractivity contribution is 0.102. The molecule has 0 aliphatic rings. The third-order valence-corrected chi connectivity index (χ3v) is 2.93. The first-order valence-corrected chi connectivity index (χ1v) is 6.47. The van der Waals surface area contributed by atoms with Crippen LogP contribution in [0.15, 0.2) is 30.6 Å². The summed E-state index contributed by atoms with van der Waals surface area (Å²) in [5, 5.41) is 5.37. The molecule has 0 saturated heterocycles. The molecule has 0 aliphatic carbocycles. The number of hydrogen-bond acceptors (Lipinski definition) is 3. The van der Waals surface area contributed by atoms with E-state index in [-0.39, 0.29) is 16.8 Å². The summed E-state index contributed by atoms with van der Waals surface area (Å²) in [6, 6.07) is 3.65. The molecule has 4 nitrogen and oxygen atoms in total. The summed E-state index contributed by atoms with van der Waals surface area (Å²) in [5.74, 6) is -1.82. The number of nitrogens with one attached hydrogen (secondary N) is 2. The molecule has 1 aromatic heterocycles. The predicted molar refractivity (Wildman–Crippen MR) is 77.4 cm³/mol. The topological polar surface area (TPSA) is 54.0 Å². The van der Waals surface area contributed by atoms with Gasteiger partial charge in [0, 0.05) is 25.0 Å². The first-order chi connectivity index (χ1) is 10.0. The average molecular weight is 291 g/mol. The Morgan fingerprint density at radius 1 is 1.24 bits per heavy atom. The Morgan fingerprint density at radius 3 is 2.71 bits per heavy atom. The number of amides is 1. The van der Waals surface area contributed by atoms with Gasteiger partial charge in [0.15, 0.2) is 0 Å². The van der Waals surface area contributed by atoms with E-state index in [0.717, 1.165) is 12.1 Å². The first kappa shape index (κ1) is 14.9. The second-order valence-corrected chi connectivity index (χ2v) is 4.49. The second kappa shape index (κ2) is 6.30. The van der Waals surface area contributed by atoms with Gasteiger partial charge in [0.2, 0.25) is 0 Å². The van der Waals surface area contributed by atoms with Crippen LogP contribution in [-0.2, 0) is 0 Å². The molecule has 0 unspecified atom stereocenters. The van der Waals surface area contributed by atoms with E-state index in [1.165, 1.54) is 13.1 Å². The van der Waals surface area contributed by atoms with Crippen molar-refractivity contribution in [1.82, 2.24) is 4.98 Å². The molecular formula is C15H15F2N3O. The van der Waals surface area contributed by atoms with Crippen LogP contribution in [0.25, 0.3) is 0 Å². The SMILES string of the molecule is CCNc1ccncc1C(=O)Nc1cc(F)c(C)cc1F. The van der Waals surface area contributed by atoms with Gasteiger partial charge in [-0.15, -0.1) is 0 Å². The molecular weight excluding hydrogens is 276 g/mol. The third kappa shape index (κ3) is 3.34. The van der Waals surface area contributed by atoms with E-state index < -0.39 is 17.5 Å². The van der Waals surface area contributed by atoms with Gasteiger partial charge in [-0.1, -0.05) is 0 Å². The van der Waals surface area contributed by atoms with E-state index >= 15 is 0 Å². The fourth-order valence-corrected chi connectivity index (χ4v) is 1.85. The highest BCUT2D eigenvalue weighted by Crippen LogP contribution is 2.21. The summed E-state index contributed by atoms with van der Waals surface area (Å²) in [4.78, 5) is 16.1. The van der Waals surface area contributed by atoms with Gasteiger partial charge >= 0.3 is 0 Å². The van der Waals surface area contributed by atoms with Gasteiger partial charge < -0.3 is 10.6 Å². The number of nitrogens with zero attached hydrogens (tertiary/aromatic N) is 1. The predicted octanol–water partition coefficient (Wildman–Crippen LogP) is 3.35. The molecule has 1 amide bonds. The minimum Gasteiger partial charge on any atom is -0.385 e. The number of anilines is 2. The van der Waals surface area contributed by atoms with E-state index in [0.29, 0.717) is 12.2 Å². The number of pyridine rings is 1. The highest BCUT2D eigenvalue weighted by atomic mass is 19.1. The Balaban J connectivity index is 2.28. The maximum absolute atomic E-state index is 13.7.